The van der Waals surface area contributed by atoms with Gasteiger partial charge in [0.05, 0.1) is 10.2 Å². The van der Waals surface area contributed by atoms with Crippen LogP contribution in [0.25, 0.3) is 10.2 Å². The lowest BCUT2D eigenvalue weighted by Gasteiger charge is -2.16. The maximum absolute atomic E-state index is 12.2. The van der Waals surface area contributed by atoms with Gasteiger partial charge in [-0.2, -0.15) is 0 Å². The van der Waals surface area contributed by atoms with Crippen LogP contribution in [0.2, 0.25) is 0 Å². The molecule has 2 rings (SSSR count). The van der Waals surface area contributed by atoms with E-state index >= 15 is 0 Å². The van der Waals surface area contributed by atoms with E-state index in [-0.39, 0.29) is 11.8 Å². The monoisotopic (exact) mass is 304 g/mol. The molecule has 1 unspecified atom stereocenters. The zero-order valence-corrected chi connectivity index (χ0v) is 12.1. The largest absolute Gasteiger partial charge is 0.573 e. The minimum atomic E-state index is -4.67. The van der Waals surface area contributed by atoms with Crippen molar-refractivity contribution in [3.05, 3.63) is 18.2 Å². The topological polar surface area (TPSA) is 34.2 Å². The standard InChI is InChI=1S/C13H15F3N2OS/c1-7(2)8(3)17-12-18-10-5-4-9(6-11(10)20-12)19-13(14,15)16/h4-8H,1-3H3,(H,17,18). The second-order valence-corrected chi connectivity index (χ2v) is 5.90. The number of benzene rings is 1. The quantitative estimate of drug-likeness (QED) is 0.892. The zero-order chi connectivity index (χ0) is 14.9. The fourth-order valence-electron chi connectivity index (χ4n) is 1.53. The first-order valence-electron chi connectivity index (χ1n) is 6.17. The van der Waals surface area contributed by atoms with E-state index in [0.717, 1.165) is 0 Å². The molecular formula is C13H15F3N2OS. The summed E-state index contributed by atoms with van der Waals surface area (Å²) < 4.78 is 41.0. The number of aromatic nitrogens is 1. The number of hydrogen-bond acceptors (Lipinski definition) is 4. The third-order valence-electron chi connectivity index (χ3n) is 2.94. The van der Waals surface area contributed by atoms with E-state index in [9.17, 15) is 13.2 Å². The third-order valence-corrected chi connectivity index (χ3v) is 3.89. The number of alkyl halides is 3. The van der Waals surface area contributed by atoms with Crippen molar-refractivity contribution in [2.45, 2.75) is 33.2 Å². The Morgan fingerprint density at radius 3 is 2.55 bits per heavy atom. The number of fused-ring (bicyclic) bond motifs is 1. The summed E-state index contributed by atoms with van der Waals surface area (Å²) in [5.74, 6) is 0.211. The highest BCUT2D eigenvalue weighted by Crippen LogP contribution is 2.32. The van der Waals surface area contributed by atoms with Crippen molar-refractivity contribution < 1.29 is 17.9 Å². The normalized spacial score (nSPS) is 13.8. The van der Waals surface area contributed by atoms with Gasteiger partial charge in [0.15, 0.2) is 5.13 Å². The highest BCUT2D eigenvalue weighted by Gasteiger charge is 2.31. The van der Waals surface area contributed by atoms with E-state index in [1.165, 1.54) is 29.5 Å². The molecule has 0 spiro atoms. The van der Waals surface area contributed by atoms with E-state index in [0.29, 0.717) is 21.3 Å². The molecule has 1 N–H and O–H groups in total. The van der Waals surface area contributed by atoms with Crippen LogP contribution < -0.4 is 10.1 Å². The van der Waals surface area contributed by atoms with E-state index in [4.69, 9.17) is 0 Å². The molecule has 0 aliphatic rings. The van der Waals surface area contributed by atoms with Crippen molar-refractivity contribution in [1.82, 2.24) is 4.98 Å². The second kappa shape index (κ2) is 5.47. The fourth-order valence-corrected chi connectivity index (χ4v) is 2.52. The lowest BCUT2D eigenvalue weighted by molar-refractivity contribution is -0.274. The van der Waals surface area contributed by atoms with Crippen LogP contribution in [0, 0.1) is 5.92 Å². The number of hydrogen-bond donors (Lipinski definition) is 1. The Kier molecular flexibility index (Phi) is 4.08. The van der Waals surface area contributed by atoms with Crippen LogP contribution in [-0.2, 0) is 0 Å². The van der Waals surface area contributed by atoms with Crippen LogP contribution in [0.3, 0.4) is 0 Å². The van der Waals surface area contributed by atoms with E-state index in [1.54, 1.807) is 0 Å². The van der Waals surface area contributed by atoms with Gasteiger partial charge in [-0.3, -0.25) is 0 Å². The Hall–Kier alpha value is -1.50. The van der Waals surface area contributed by atoms with Crippen molar-refractivity contribution in [2.24, 2.45) is 5.92 Å². The summed E-state index contributed by atoms with van der Waals surface area (Å²) in [5.41, 5.74) is 0.656. The molecule has 7 heteroatoms. The Labute approximate surface area is 118 Å². The average molecular weight is 304 g/mol. The van der Waals surface area contributed by atoms with Gasteiger partial charge in [-0.15, -0.1) is 13.2 Å². The number of rotatable bonds is 4. The molecule has 110 valence electrons. The van der Waals surface area contributed by atoms with Crippen LogP contribution in [0.1, 0.15) is 20.8 Å². The molecule has 0 aliphatic heterocycles. The average Bonchev–Trinajstić information content (AvgIpc) is 2.68. The van der Waals surface area contributed by atoms with Gasteiger partial charge in [0.2, 0.25) is 0 Å². The SMILES string of the molecule is CC(C)C(C)Nc1nc2ccc(OC(F)(F)F)cc2s1. The van der Waals surface area contributed by atoms with Gasteiger partial charge < -0.3 is 10.1 Å². The molecule has 1 aromatic heterocycles. The first-order valence-corrected chi connectivity index (χ1v) is 6.99. The van der Waals surface area contributed by atoms with Gasteiger partial charge in [0, 0.05) is 12.1 Å². The van der Waals surface area contributed by atoms with Crippen molar-refractivity contribution in [3.63, 3.8) is 0 Å². The van der Waals surface area contributed by atoms with Gasteiger partial charge in [-0.25, -0.2) is 4.98 Å². The first-order chi connectivity index (χ1) is 9.24. The molecule has 0 bridgehead atoms. The van der Waals surface area contributed by atoms with Gasteiger partial charge in [-0.1, -0.05) is 25.2 Å². The van der Waals surface area contributed by atoms with Gasteiger partial charge in [0.1, 0.15) is 5.75 Å². The molecule has 3 nitrogen and oxygen atoms in total. The molecule has 0 saturated carbocycles. The zero-order valence-electron chi connectivity index (χ0n) is 11.3. The molecule has 0 aliphatic carbocycles. The first kappa shape index (κ1) is 14.9. The highest BCUT2D eigenvalue weighted by atomic mass is 32.1. The number of nitrogens with one attached hydrogen (secondary N) is 1. The van der Waals surface area contributed by atoms with Crippen LogP contribution in [0.4, 0.5) is 18.3 Å². The van der Waals surface area contributed by atoms with Crippen LogP contribution in [-0.4, -0.2) is 17.4 Å². The number of halogens is 3. The molecule has 0 saturated heterocycles. The van der Waals surface area contributed by atoms with Crippen LogP contribution in [0.15, 0.2) is 18.2 Å². The van der Waals surface area contributed by atoms with Crippen molar-refractivity contribution in [3.8, 4) is 5.75 Å². The number of ether oxygens (including phenoxy) is 1. The summed E-state index contributed by atoms with van der Waals surface area (Å²) in [7, 11) is 0. The van der Waals surface area contributed by atoms with Crippen molar-refractivity contribution in [2.75, 3.05) is 5.32 Å². The van der Waals surface area contributed by atoms with Crippen LogP contribution in [0.5, 0.6) is 5.75 Å². The maximum atomic E-state index is 12.2. The predicted molar refractivity (Wildman–Crippen MR) is 74.2 cm³/mol. The summed E-state index contributed by atoms with van der Waals surface area (Å²) in [5, 5.41) is 3.94. The molecule has 0 fully saturated rings. The lowest BCUT2D eigenvalue weighted by atomic mass is 10.1. The molecule has 0 amide bonds. The summed E-state index contributed by atoms with van der Waals surface area (Å²) in [6.07, 6.45) is -4.67. The Morgan fingerprint density at radius 1 is 1.25 bits per heavy atom. The minimum absolute atomic E-state index is 0.225. The smallest absolute Gasteiger partial charge is 0.406 e. The number of anilines is 1. The summed E-state index contributed by atoms with van der Waals surface area (Å²) in [6.45, 7) is 6.20. The molecular weight excluding hydrogens is 289 g/mol. The van der Waals surface area contributed by atoms with E-state index < -0.39 is 6.36 Å². The second-order valence-electron chi connectivity index (χ2n) is 4.87. The predicted octanol–water partition coefficient (Wildman–Crippen LogP) is 4.65. The van der Waals surface area contributed by atoms with E-state index in [2.05, 4.69) is 28.9 Å². The van der Waals surface area contributed by atoms with Gasteiger partial charge in [-0.05, 0) is 25.0 Å². The molecule has 1 aromatic carbocycles. The Morgan fingerprint density at radius 2 is 1.95 bits per heavy atom. The Balaban J connectivity index is 2.21. The number of thiazole rings is 1. The summed E-state index contributed by atoms with van der Waals surface area (Å²) >= 11 is 1.31. The maximum Gasteiger partial charge on any atom is 0.573 e. The highest BCUT2D eigenvalue weighted by molar-refractivity contribution is 7.22. The van der Waals surface area contributed by atoms with Crippen molar-refractivity contribution >= 4 is 26.7 Å². The molecule has 1 heterocycles. The third kappa shape index (κ3) is 3.75. The van der Waals surface area contributed by atoms with Crippen LogP contribution >= 0.6 is 11.3 Å². The molecule has 2 aromatic rings. The summed E-state index contributed by atoms with van der Waals surface area (Å²) in [4.78, 5) is 4.34. The molecule has 1 atom stereocenters. The summed E-state index contributed by atoms with van der Waals surface area (Å²) in [6, 6.07) is 4.39. The lowest BCUT2D eigenvalue weighted by Crippen LogP contribution is -2.21. The Bertz CT molecular complexity index is 595. The number of nitrogens with zero attached hydrogens (tertiary/aromatic N) is 1. The minimum Gasteiger partial charge on any atom is -0.406 e. The van der Waals surface area contributed by atoms with E-state index in [1.807, 2.05) is 6.92 Å². The molecule has 0 radical (unpaired) electrons. The van der Waals surface area contributed by atoms with Gasteiger partial charge >= 0.3 is 6.36 Å². The van der Waals surface area contributed by atoms with Crippen molar-refractivity contribution in [1.29, 1.82) is 0 Å². The molecule has 20 heavy (non-hydrogen) atoms. The van der Waals surface area contributed by atoms with Gasteiger partial charge in [0.25, 0.3) is 0 Å². The fraction of sp³-hybridized carbons (Fsp3) is 0.462.